The van der Waals surface area contributed by atoms with Crippen LogP contribution in [0.4, 0.5) is 0 Å². The molecule has 0 fully saturated rings. The van der Waals surface area contributed by atoms with Crippen molar-refractivity contribution in [1.82, 2.24) is 10.2 Å². The maximum Gasteiger partial charge on any atom is 0.238 e. The van der Waals surface area contributed by atoms with Gasteiger partial charge in [0.05, 0.1) is 13.2 Å². The highest BCUT2D eigenvalue weighted by Gasteiger charge is 2.26. The number of likely N-dealkylation sites (N-methyl/N-ethyl adjacent to an activating group) is 1. The van der Waals surface area contributed by atoms with Gasteiger partial charge in [-0.15, -0.1) is 0 Å². The van der Waals surface area contributed by atoms with Gasteiger partial charge in [-0.05, 0) is 43.0 Å². The standard InChI is InChI=1S/C15H22N2O2/c1-10(15(18)17(2)3)16-14-8-6-11-5-7-12(19-4)9-13(11)14/h5,7,9-10,14,16H,6,8H2,1-4H3. The van der Waals surface area contributed by atoms with Gasteiger partial charge in [0.25, 0.3) is 0 Å². The fraction of sp³-hybridized carbons (Fsp3) is 0.533. The SMILES string of the molecule is COc1ccc2c(c1)C(NC(C)C(=O)N(C)C)CC2. The molecule has 1 aliphatic rings. The molecule has 4 heteroatoms. The van der Waals surface area contributed by atoms with E-state index in [1.165, 1.54) is 11.1 Å². The van der Waals surface area contributed by atoms with Gasteiger partial charge in [0.2, 0.25) is 5.91 Å². The predicted molar refractivity (Wildman–Crippen MR) is 75.3 cm³/mol. The van der Waals surface area contributed by atoms with Gasteiger partial charge >= 0.3 is 0 Å². The number of carbonyl (C=O) groups excluding carboxylic acids is 1. The maximum absolute atomic E-state index is 11.9. The number of rotatable bonds is 4. The third-order valence-corrected chi connectivity index (χ3v) is 3.69. The molecular formula is C15H22N2O2. The number of aryl methyl sites for hydroxylation is 1. The first-order chi connectivity index (χ1) is 9.02. The highest BCUT2D eigenvalue weighted by molar-refractivity contribution is 5.81. The van der Waals surface area contributed by atoms with Crippen LogP contribution in [0, 0.1) is 0 Å². The predicted octanol–water partition coefficient (Wildman–Crippen LogP) is 1.75. The molecule has 19 heavy (non-hydrogen) atoms. The van der Waals surface area contributed by atoms with E-state index in [1.54, 1.807) is 26.1 Å². The van der Waals surface area contributed by atoms with Gasteiger partial charge in [-0.2, -0.15) is 0 Å². The van der Waals surface area contributed by atoms with E-state index in [-0.39, 0.29) is 18.0 Å². The lowest BCUT2D eigenvalue weighted by Gasteiger charge is -2.22. The first-order valence-corrected chi connectivity index (χ1v) is 6.67. The molecule has 1 N–H and O–H groups in total. The quantitative estimate of drug-likeness (QED) is 0.899. The number of fused-ring (bicyclic) bond motifs is 1. The van der Waals surface area contributed by atoms with E-state index >= 15 is 0 Å². The molecule has 1 amide bonds. The van der Waals surface area contributed by atoms with Gasteiger partial charge in [-0.25, -0.2) is 0 Å². The highest BCUT2D eigenvalue weighted by Crippen LogP contribution is 2.34. The van der Waals surface area contributed by atoms with Crippen LogP contribution in [0.25, 0.3) is 0 Å². The zero-order chi connectivity index (χ0) is 14.0. The molecule has 2 atom stereocenters. The second-order valence-electron chi connectivity index (χ2n) is 5.28. The van der Waals surface area contributed by atoms with Crippen LogP contribution in [0.15, 0.2) is 18.2 Å². The van der Waals surface area contributed by atoms with Crippen LogP contribution < -0.4 is 10.1 Å². The van der Waals surface area contributed by atoms with Crippen LogP contribution >= 0.6 is 0 Å². The van der Waals surface area contributed by atoms with Crippen LogP contribution in [0.3, 0.4) is 0 Å². The Morgan fingerprint density at radius 3 is 2.84 bits per heavy atom. The third kappa shape index (κ3) is 2.89. The zero-order valence-corrected chi connectivity index (χ0v) is 12.1. The van der Waals surface area contributed by atoms with E-state index in [1.807, 2.05) is 13.0 Å². The first-order valence-electron chi connectivity index (χ1n) is 6.67. The number of benzene rings is 1. The van der Waals surface area contributed by atoms with Gasteiger partial charge in [-0.1, -0.05) is 6.07 Å². The summed E-state index contributed by atoms with van der Waals surface area (Å²) >= 11 is 0. The Balaban J connectivity index is 2.11. The Kier molecular flexibility index (Phi) is 4.10. The summed E-state index contributed by atoms with van der Waals surface area (Å²) in [5.74, 6) is 0.982. The smallest absolute Gasteiger partial charge is 0.238 e. The van der Waals surface area contributed by atoms with Crippen molar-refractivity contribution in [3.63, 3.8) is 0 Å². The Morgan fingerprint density at radius 1 is 1.47 bits per heavy atom. The second kappa shape index (κ2) is 5.61. The highest BCUT2D eigenvalue weighted by atomic mass is 16.5. The van der Waals surface area contributed by atoms with E-state index in [0.29, 0.717) is 0 Å². The van der Waals surface area contributed by atoms with Crippen molar-refractivity contribution in [2.45, 2.75) is 31.8 Å². The molecular weight excluding hydrogens is 240 g/mol. The molecule has 0 saturated carbocycles. The van der Waals surface area contributed by atoms with Crippen LogP contribution in [0.2, 0.25) is 0 Å². The molecule has 1 aliphatic carbocycles. The third-order valence-electron chi connectivity index (χ3n) is 3.69. The molecule has 0 aliphatic heterocycles. The van der Waals surface area contributed by atoms with E-state index in [0.717, 1.165) is 18.6 Å². The number of nitrogens with one attached hydrogen (secondary N) is 1. The summed E-state index contributed by atoms with van der Waals surface area (Å²) in [5, 5.41) is 3.42. The van der Waals surface area contributed by atoms with E-state index < -0.39 is 0 Å². The fourth-order valence-corrected chi connectivity index (χ4v) is 2.64. The molecule has 0 bridgehead atoms. The lowest BCUT2D eigenvalue weighted by atomic mass is 10.1. The largest absolute Gasteiger partial charge is 0.497 e. The Labute approximate surface area is 114 Å². The molecule has 2 rings (SSSR count). The Bertz CT molecular complexity index is 471. The lowest BCUT2D eigenvalue weighted by Crippen LogP contribution is -2.42. The topological polar surface area (TPSA) is 41.6 Å². The van der Waals surface area contributed by atoms with Gasteiger partial charge in [0.15, 0.2) is 0 Å². The van der Waals surface area contributed by atoms with Crippen molar-refractivity contribution in [3.8, 4) is 5.75 Å². The van der Waals surface area contributed by atoms with Gasteiger partial charge in [-0.3, -0.25) is 10.1 Å². The van der Waals surface area contributed by atoms with E-state index in [4.69, 9.17) is 4.74 Å². The Hall–Kier alpha value is -1.55. The first kappa shape index (κ1) is 13.9. The fourth-order valence-electron chi connectivity index (χ4n) is 2.64. The number of ether oxygens (including phenoxy) is 1. The normalized spacial score (nSPS) is 18.8. The van der Waals surface area contributed by atoms with Crippen molar-refractivity contribution in [2.75, 3.05) is 21.2 Å². The van der Waals surface area contributed by atoms with Crippen LogP contribution in [-0.4, -0.2) is 38.1 Å². The van der Waals surface area contributed by atoms with Crippen LogP contribution in [-0.2, 0) is 11.2 Å². The molecule has 104 valence electrons. The van der Waals surface area contributed by atoms with Crippen molar-refractivity contribution >= 4 is 5.91 Å². The van der Waals surface area contributed by atoms with Crippen LogP contribution in [0.1, 0.15) is 30.5 Å². The van der Waals surface area contributed by atoms with Crippen molar-refractivity contribution in [2.24, 2.45) is 0 Å². The molecule has 4 nitrogen and oxygen atoms in total. The zero-order valence-electron chi connectivity index (χ0n) is 12.1. The van der Waals surface area contributed by atoms with Crippen molar-refractivity contribution < 1.29 is 9.53 Å². The average Bonchev–Trinajstić information content (AvgIpc) is 2.80. The number of hydrogen-bond acceptors (Lipinski definition) is 3. The summed E-state index contributed by atoms with van der Waals surface area (Å²) in [6, 6.07) is 6.26. The monoisotopic (exact) mass is 262 g/mol. The average molecular weight is 262 g/mol. The molecule has 1 aromatic carbocycles. The van der Waals surface area contributed by atoms with Crippen molar-refractivity contribution in [1.29, 1.82) is 0 Å². The summed E-state index contributed by atoms with van der Waals surface area (Å²) in [7, 11) is 5.25. The molecule has 0 saturated heterocycles. The molecule has 0 radical (unpaired) electrons. The second-order valence-corrected chi connectivity index (χ2v) is 5.28. The molecule has 0 aromatic heterocycles. The minimum atomic E-state index is -0.169. The van der Waals surface area contributed by atoms with E-state index in [9.17, 15) is 4.79 Å². The maximum atomic E-state index is 11.9. The minimum absolute atomic E-state index is 0.108. The number of carbonyl (C=O) groups is 1. The summed E-state index contributed by atoms with van der Waals surface area (Å²) in [4.78, 5) is 13.5. The number of amides is 1. The summed E-state index contributed by atoms with van der Waals surface area (Å²) < 4.78 is 5.28. The van der Waals surface area contributed by atoms with Gasteiger partial charge < -0.3 is 9.64 Å². The minimum Gasteiger partial charge on any atom is -0.497 e. The van der Waals surface area contributed by atoms with Gasteiger partial charge in [0, 0.05) is 20.1 Å². The molecule has 0 heterocycles. The molecule has 1 aromatic rings. The lowest BCUT2D eigenvalue weighted by molar-refractivity contribution is -0.130. The number of methoxy groups -OCH3 is 1. The summed E-state index contributed by atoms with van der Waals surface area (Å²) in [5.41, 5.74) is 2.61. The van der Waals surface area contributed by atoms with E-state index in [2.05, 4.69) is 17.4 Å². The summed E-state index contributed by atoms with van der Waals surface area (Å²) in [6.45, 7) is 1.92. The molecule has 0 spiro atoms. The van der Waals surface area contributed by atoms with Gasteiger partial charge in [0.1, 0.15) is 5.75 Å². The molecule has 2 unspecified atom stereocenters. The van der Waals surface area contributed by atoms with Crippen LogP contribution in [0.5, 0.6) is 5.75 Å². The Morgan fingerprint density at radius 2 is 2.21 bits per heavy atom. The summed E-state index contributed by atoms with van der Waals surface area (Å²) in [6.07, 6.45) is 2.09. The number of hydrogen-bond donors (Lipinski definition) is 1. The number of nitrogens with zero attached hydrogens (tertiary/aromatic N) is 1. The van der Waals surface area contributed by atoms with Crippen molar-refractivity contribution in [3.05, 3.63) is 29.3 Å².